The summed E-state index contributed by atoms with van der Waals surface area (Å²) in [5, 5.41) is 0. The summed E-state index contributed by atoms with van der Waals surface area (Å²) in [5.74, 6) is 2.50. The van der Waals surface area contributed by atoms with Crippen LogP contribution in [0.2, 0.25) is 0 Å². The van der Waals surface area contributed by atoms with Crippen LogP contribution < -0.4 is 0 Å². The lowest BCUT2D eigenvalue weighted by Crippen LogP contribution is -2.55. The lowest BCUT2D eigenvalue weighted by atomic mass is 9.45. The maximum atomic E-state index is 12.5. The number of fused-ring (bicyclic) bond motifs is 5. The molecule has 0 aromatic carbocycles. The molecule has 0 aromatic rings. The summed E-state index contributed by atoms with van der Waals surface area (Å²) < 4.78 is 28.8. The molecule has 5 heteroatoms. The average molecular weight is 367 g/mol. The van der Waals surface area contributed by atoms with Gasteiger partial charge in [-0.25, -0.2) is 0 Å². The van der Waals surface area contributed by atoms with Gasteiger partial charge in [0.15, 0.2) is 0 Å². The van der Waals surface area contributed by atoms with Crippen LogP contribution in [0, 0.1) is 34.5 Å². The van der Waals surface area contributed by atoms with Gasteiger partial charge < -0.3 is 0 Å². The Labute approximate surface area is 151 Å². The summed E-state index contributed by atoms with van der Waals surface area (Å²) in [7, 11) is -3.43. The molecule has 0 radical (unpaired) electrons. The lowest BCUT2D eigenvalue weighted by Gasteiger charge is -2.59. The van der Waals surface area contributed by atoms with Crippen molar-refractivity contribution >= 4 is 15.9 Å². The van der Waals surface area contributed by atoms with Gasteiger partial charge in [0, 0.05) is 17.3 Å². The predicted octanol–water partition coefficient (Wildman–Crippen LogP) is 3.72. The van der Waals surface area contributed by atoms with Crippen molar-refractivity contribution in [1.29, 1.82) is 0 Å². The summed E-state index contributed by atoms with van der Waals surface area (Å²) in [4.78, 5) is 12.5. The molecule has 3 saturated carbocycles. The molecular formula is C20H30O4S. The number of carbonyl (C=O) groups is 1. The molecule has 4 aliphatic carbocycles. The minimum absolute atomic E-state index is 0.0618. The maximum absolute atomic E-state index is 12.5. The molecule has 0 aliphatic heterocycles. The highest BCUT2D eigenvalue weighted by molar-refractivity contribution is 7.85. The first kappa shape index (κ1) is 17.7. The molecule has 4 aliphatic rings. The standard InChI is InChI=1S/C20H30O4S/c1-19-12-10-17-15(16(19)8-9-18(19)21)7-6-14-5-3-4-11-20(14,17)13-24-25(2,22)23/h3-4,14-17H,5-13H2,1-2H3/t14-,15+,16+,17+,19+,20-/m1/s1. The van der Waals surface area contributed by atoms with Gasteiger partial charge in [0.1, 0.15) is 5.78 Å². The number of Topliss-reactive ketones (excluding diaryl/α,β-unsaturated/α-hetero) is 1. The number of hydrogen-bond acceptors (Lipinski definition) is 4. The number of allylic oxidation sites excluding steroid dienone is 2. The van der Waals surface area contributed by atoms with E-state index in [4.69, 9.17) is 4.18 Å². The van der Waals surface area contributed by atoms with Gasteiger partial charge in [-0.05, 0) is 68.6 Å². The second-order valence-electron chi connectivity index (χ2n) is 9.18. The molecule has 140 valence electrons. The first-order chi connectivity index (χ1) is 11.8. The van der Waals surface area contributed by atoms with Crippen LogP contribution in [0.3, 0.4) is 0 Å². The van der Waals surface area contributed by atoms with Gasteiger partial charge in [0.05, 0.1) is 12.9 Å². The SMILES string of the molecule is C[C@]12CC[C@H]3[C@@H](CC[C@H]4CC=CC[C@@]43COS(C)(=O)=O)[C@@H]1CCC2=O. The number of ketones is 1. The van der Waals surface area contributed by atoms with Crippen molar-refractivity contribution in [3.05, 3.63) is 12.2 Å². The lowest BCUT2D eigenvalue weighted by molar-refractivity contribution is -0.140. The van der Waals surface area contributed by atoms with Crippen molar-refractivity contribution in [3.63, 3.8) is 0 Å². The normalized spacial score (nSPS) is 46.4. The molecule has 0 spiro atoms. The largest absolute Gasteiger partial charge is 0.299 e. The van der Waals surface area contributed by atoms with E-state index in [1.54, 1.807) is 0 Å². The molecule has 0 heterocycles. The highest BCUT2D eigenvalue weighted by atomic mass is 32.2. The summed E-state index contributed by atoms with van der Waals surface area (Å²) in [6, 6.07) is 0. The van der Waals surface area contributed by atoms with Gasteiger partial charge in [-0.15, -0.1) is 0 Å². The molecule has 25 heavy (non-hydrogen) atoms. The molecule has 3 fully saturated rings. The monoisotopic (exact) mass is 366 g/mol. The Morgan fingerprint density at radius 3 is 2.72 bits per heavy atom. The Balaban J connectivity index is 1.68. The summed E-state index contributed by atoms with van der Waals surface area (Å²) in [6.45, 7) is 2.51. The molecule has 0 unspecified atom stereocenters. The van der Waals surface area contributed by atoms with E-state index >= 15 is 0 Å². The summed E-state index contributed by atoms with van der Waals surface area (Å²) in [5.41, 5.74) is -0.189. The summed E-state index contributed by atoms with van der Waals surface area (Å²) >= 11 is 0. The Morgan fingerprint density at radius 2 is 1.96 bits per heavy atom. The zero-order valence-corrected chi connectivity index (χ0v) is 16.2. The van der Waals surface area contributed by atoms with Crippen LogP contribution in [0.4, 0.5) is 0 Å². The van der Waals surface area contributed by atoms with Gasteiger partial charge in [-0.2, -0.15) is 8.42 Å². The third-order valence-electron chi connectivity index (χ3n) is 8.17. The molecule has 6 atom stereocenters. The average Bonchev–Trinajstić information content (AvgIpc) is 2.87. The fourth-order valence-electron chi connectivity index (χ4n) is 6.89. The van der Waals surface area contributed by atoms with E-state index in [0.29, 0.717) is 36.1 Å². The second-order valence-corrected chi connectivity index (χ2v) is 10.8. The topological polar surface area (TPSA) is 60.4 Å². The van der Waals surface area contributed by atoms with E-state index in [2.05, 4.69) is 19.1 Å². The zero-order valence-electron chi connectivity index (χ0n) is 15.4. The molecule has 0 bridgehead atoms. The van der Waals surface area contributed by atoms with E-state index in [1.807, 2.05) is 0 Å². The van der Waals surface area contributed by atoms with Crippen LogP contribution in [0.5, 0.6) is 0 Å². The fraction of sp³-hybridized carbons (Fsp3) is 0.850. The molecule has 0 amide bonds. The quantitative estimate of drug-likeness (QED) is 0.564. The van der Waals surface area contributed by atoms with Gasteiger partial charge in [-0.3, -0.25) is 8.98 Å². The first-order valence-corrected chi connectivity index (χ1v) is 11.6. The van der Waals surface area contributed by atoms with Gasteiger partial charge in [0.25, 0.3) is 10.1 Å². The zero-order chi connectivity index (χ0) is 17.9. The minimum Gasteiger partial charge on any atom is -0.299 e. The number of carbonyl (C=O) groups excluding carboxylic acids is 1. The van der Waals surface area contributed by atoms with Crippen LogP contribution in [-0.2, 0) is 19.1 Å². The van der Waals surface area contributed by atoms with E-state index in [0.717, 1.165) is 51.2 Å². The second kappa shape index (κ2) is 5.91. The van der Waals surface area contributed by atoms with E-state index in [1.165, 1.54) is 6.42 Å². The van der Waals surface area contributed by atoms with Crippen molar-refractivity contribution < 1.29 is 17.4 Å². The van der Waals surface area contributed by atoms with Crippen molar-refractivity contribution in [2.24, 2.45) is 34.5 Å². The molecule has 0 N–H and O–H groups in total. The Bertz CT molecular complexity index is 696. The minimum atomic E-state index is -3.43. The number of hydrogen-bond donors (Lipinski definition) is 0. The van der Waals surface area contributed by atoms with Crippen molar-refractivity contribution in [3.8, 4) is 0 Å². The maximum Gasteiger partial charge on any atom is 0.264 e. The van der Waals surface area contributed by atoms with Crippen LogP contribution in [-0.4, -0.2) is 27.1 Å². The van der Waals surface area contributed by atoms with Gasteiger partial charge in [0.2, 0.25) is 0 Å². The Morgan fingerprint density at radius 1 is 1.16 bits per heavy atom. The van der Waals surface area contributed by atoms with Crippen LogP contribution in [0.15, 0.2) is 12.2 Å². The first-order valence-electron chi connectivity index (χ1n) is 9.79. The van der Waals surface area contributed by atoms with Crippen LogP contribution in [0.25, 0.3) is 0 Å². The van der Waals surface area contributed by atoms with Gasteiger partial charge in [-0.1, -0.05) is 19.1 Å². The predicted molar refractivity (Wildman–Crippen MR) is 96.4 cm³/mol. The third-order valence-corrected chi connectivity index (χ3v) is 8.72. The third kappa shape index (κ3) is 2.73. The molecule has 4 nitrogen and oxygen atoms in total. The van der Waals surface area contributed by atoms with Crippen molar-refractivity contribution in [2.75, 3.05) is 12.9 Å². The van der Waals surface area contributed by atoms with E-state index in [9.17, 15) is 13.2 Å². The van der Waals surface area contributed by atoms with Crippen LogP contribution >= 0.6 is 0 Å². The van der Waals surface area contributed by atoms with Crippen molar-refractivity contribution in [1.82, 2.24) is 0 Å². The van der Waals surface area contributed by atoms with Crippen LogP contribution in [0.1, 0.15) is 58.3 Å². The van der Waals surface area contributed by atoms with Gasteiger partial charge >= 0.3 is 0 Å². The molecule has 0 aromatic heterocycles. The van der Waals surface area contributed by atoms with Crippen molar-refractivity contribution in [2.45, 2.75) is 58.3 Å². The molecule has 0 saturated heterocycles. The summed E-state index contributed by atoms with van der Waals surface area (Å²) in [6.07, 6.45) is 13.7. The van der Waals surface area contributed by atoms with E-state index < -0.39 is 10.1 Å². The molecular weight excluding hydrogens is 336 g/mol. The highest BCUT2D eigenvalue weighted by Crippen LogP contribution is 2.65. The smallest absolute Gasteiger partial charge is 0.264 e. The Kier molecular flexibility index (Phi) is 4.19. The number of rotatable bonds is 3. The molecule has 4 rings (SSSR count). The fourth-order valence-corrected chi connectivity index (χ4v) is 7.33. The Hall–Kier alpha value is -0.680. The highest BCUT2D eigenvalue weighted by Gasteiger charge is 2.60. The van der Waals surface area contributed by atoms with E-state index in [-0.39, 0.29) is 10.8 Å².